The third kappa shape index (κ3) is 3.20. The third-order valence-electron chi connectivity index (χ3n) is 5.59. The van der Waals surface area contributed by atoms with Crippen molar-refractivity contribution in [2.24, 2.45) is 5.92 Å². The highest BCUT2D eigenvalue weighted by Gasteiger charge is 2.33. The van der Waals surface area contributed by atoms with Gasteiger partial charge in [-0.2, -0.15) is 0 Å². The molecule has 2 aromatic rings. The Labute approximate surface area is 152 Å². The fraction of sp³-hybridized carbons (Fsp3) is 0.450. The molecule has 2 bridgehead atoms. The van der Waals surface area contributed by atoms with Gasteiger partial charge in [0.1, 0.15) is 0 Å². The van der Waals surface area contributed by atoms with Crippen LogP contribution in [0.25, 0.3) is 10.9 Å². The van der Waals surface area contributed by atoms with Crippen LogP contribution in [0.15, 0.2) is 29.1 Å². The normalized spacial score (nSPS) is 25.2. The van der Waals surface area contributed by atoms with E-state index in [1.807, 2.05) is 18.2 Å². The molecular weight excluding hydrogens is 334 g/mol. The van der Waals surface area contributed by atoms with Gasteiger partial charge in [-0.1, -0.05) is 23.6 Å². The average molecular weight is 356 g/mol. The Balaban J connectivity index is 1.63. The van der Waals surface area contributed by atoms with Crippen LogP contribution in [0.2, 0.25) is 5.02 Å². The largest absolute Gasteiger partial charge is 0.308 e. The molecule has 4 heterocycles. The fourth-order valence-electron chi connectivity index (χ4n) is 4.22. The fourth-order valence-corrected chi connectivity index (χ4v) is 4.38. The van der Waals surface area contributed by atoms with Gasteiger partial charge in [-0.3, -0.25) is 9.36 Å². The summed E-state index contributed by atoms with van der Waals surface area (Å²) in [4.78, 5) is 15.4. The number of nitrogens with zero attached hydrogens (tertiary/aromatic N) is 2. The van der Waals surface area contributed by atoms with Gasteiger partial charge in [0.05, 0.1) is 12.1 Å². The van der Waals surface area contributed by atoms with E-state index in [9.17, 15) is 4.79 Å². The first kappa shape index (κ1) is 16.7. The molecular formula is C20H22ClN3O. The molecule has 3 aliphatic rings. The maximum absolute atomic E-state index is 12.9. The van der Waals surface area contributed by atoms with Gasteiger partial charge in [0.15, 0.2) is 0 Å². The SMILES string of the molecule is C#CCn1c(=O)c(CNC2CN3CCC2CC3)cc2ccc(Cl)cc21. The van der Waals surface area contributed by atoms with Crippen LogP contribution in [-0.4, -0.2) is 35.1 Å². The summed E-state index contributed by atoms with van der Waals surface area (Å²) in [5.41, 5.74) is 1.53. The van der Waals surface area contributed by atoms with Crippen molar-refractivity contribution in [3.05, 3.63) is 45.2 Å². The van der Waals surface area contributed by atoms with Crippen molar-refractivity contribution >= 4 is 22.5 Å². The van der Waals surface area contributed by atoms with Crippen molar-refractivity contribution in [3.8, 4) is 12.3 Å². The molecule has 0 saturated carbocycles. The molecule has 3 aliphatic heterocycles. The summed E-state index contributed by atoms with van der Waals surface area (Å²) in [7, 11) is 0. The molecule has 0 aliphatic carbocycles. The van der Waals surface area contributed by atoms with Gasteiger partial charge in [0.25, 0.3) is 5.56 Å². The Morgan fingerprint density at radius 3 is 2.76 bits per heavy atom. The van der Waals surface area contributed by atoms with Gasteiger partial charge in [-0.15, -0.1) is 6.42 Å². The van der Waals surface area contributed by atoms with E-state index < -0.39 is 0 Å². The van der Waals surface area contributed by atoms with E-state index in [0.717, 1.165) is 28.9 Å². The Morgan fingerprint density at radius 1 is 1.28 bits per heavy atom. The molecule has 0 radical (unpaired) electrons. The number of piperidine rings is 3. The van der Waals surface area contributed by atoms with Gasteiger partial charge in [-0.05, 0) is 55.4 Å². The van der Waals surface area contributed by atoms with Crippen LogP contribution < -0.4 is 10.9 Å². The molecule has 130 valence electrons. The van der Waals surface area contributed by atoms with Crippen LogP contribution in [0.3, 0.4) is 0 Å². The van der Waals surface area contributed by atoms with E-state index in [0.29, 0.717) is 17.6 Å². The lowest BCUT2D eigenvalue weighted by Gasteiger charge is -2.45. The molecule has 1 aromatic carbocycles. The van der Waals surface area contributed by atoms with Crippen LogP contribution in [0.4, 0.5) is 0 Å². The molecule has 1 unspecified atom stereocenters. The summed E-state index contributed by atoms with van der Waals surface area (Å²) in [6, 6.07) is 8.04. The molecule has 1 N–H and O–H groups in total. The number of rotatable bonds is 4. The first-order valence-electron chi connectivity index (χ1n) is 8.87. The highest BCUT2D eigenvalue weighted by Crippen LogP contribution is 2.27. The summed E-state index contributed by atoms with van der Waals surface area (Å²) >= 11 is 6.10. The minimum absolute atomic E-state index is 0.0264. The molecule has 3 saturated heterocycles. The second kappa shape index (κ2) is 6.84. The minimum Gasteiger partial charge on any atom is -0.308 e. The van der Waals surface area contributed by atoms with Gasteiger partial charge >= 0.3 is 0 Å². The predicted molar refractivity (Wildman–Crippen MR) is 102 cm³/mol. The van der Waals surface area contributed by atoms with E-state index in [1.54, 1.807) is 10.6 Å². The molecule has 3 fully saturated rings. The number of fused-ring (bicyclic) bond motifs is 4. The summed E-state index contributed by atoms with van der Waals surface area (Å²) in [6.45, 7) is 4.36. The van der Waals surface area contributed by atoms with E-state index >= 15 is 0 Å². The number of aromatic nitrogens is 1. The van der Waals surface area contributed by atoms with Crippen molar-refractivity contribution in [2.45, 2.75) is 32.0 Å². The van der Waals surface area contributed by atoms with E-state index in [2.05, 4.69) is 16.1 Å². The number of benzene rings is 1. The summed E-state index contributed by atoms with van der Waals surface area (Å²) < 4.78 is 1.65. The average Bonchev–Trinajstić information content (AvgIpc) is 2.64. The molecule has 1 aromatic heterocycles. The molecule has 5 heteroatoms. The van der Waals surface area contributed by atoms with Gasteiger partial charge in [0.2, 0.25) is 0 Å². The summed E-state index contributed by atoms with van der Waals surface area (Å²) in [5.74, 6) is 3.32. The van der Waals surface area contributed by atoms with Crippen molar-refractivity contribution in [1.82, 2.24) is 14.8 Å². The van der Waals surface area contributed by atoms with Gasteiger partial charge in [-0.25, -0.2) is 0 Å². The number of terminal acetylenes is 1. The van der Waals surface area contributed by atoms with Crippen LogP contribution in [0, 0.1) is 18.3 Å². The Bertz CT molecular complexity index is 890. The Morgan fingerprint density at radius 2 is 2.08 bits per heavy atom. The topological polar surface area (TPSA) is 37.3 Å². The standard InChI is InChI=1S/C20H22ClN3O/c1-2-7-24-19-11-17(21)4-3-15(19)10-16(20(24)25)12-22-18-13-23-8-5-14(18)6-9-23/h1,3-4,10-11,14,18,22H,5-9,12-13H2. The van der Waals surface area contributed by atoms with Crippen LogP contribution in [-0.2, 0) is 13.1 Å². The van der Waals surface area contributed by atoms with E-state index in [4.69, 9.17) is 18.0 Å². The quantitative estimate of drug-likeness (QED) is 0.856. The number of pyridine rings is 1. The third-order valence-corrected chi connectivity index (χ3v) is 5.83. The summed E-state index contributed by atoms with van der Waals surface area (Å²) in [6.07, 6.45) is 7.99. The Hall–Kier alpha value is -1.80. The lowest BCUT2D eigenvalue weighted by Crippen LogP contribution is -2.56. The minimum atomic E-state index is -0.0264. The van der Waals surface area contributed by atoms with Crippen LogP contribution in [0.1, 0.15) is 18.4 Å². The monoisotopic (exact) mass is 355 g/mol. The number of hydrogen-bond donors (Lipinski definition) is 1. The predicted octanol–water partition coefficient (Wildman–Crippen LogP) is 2.47. The molecule has 4 nitrogen and oxygen atoms in total. The van der Waals surface area contributed by atoms with Crippen molar-refractivity contribution in [3.63, 3.8) is 0 Å². The summed E-state index contributed by atoms with van der Waals surface area (Å²) in [5, 5.41) is 5.22. The molecule has 1 atom stereocenters. The highest BCUT2D eigenvalue weighted by molar-refractivity contribution is 6.31. The second-order valence-electron chi connectivity index (χ2n) is 7.09. The molecule has 0 amide bonds. The lowest BCUT2D eigenvalue weighted by molar-refractivity contribution is 0.0719. The zero-order valence-corrected chi connectivity index (χ0v) is 14.9. The first-order valence-corrected chi connectivity index (χ1v) is 9.24. The maximum Gasteiger partial charge on any atom is 0.256 e. The molecule has 0 spiro atoms. The molecule has 5 rings (SSSR count). The number of hydrogen-bond acceptors (Lipinski definition) is 3. The van der Waals surface area contributed by atoms with Crippen LogP contribution >= 0.6 is 11.6 Å². The number of nitrogens with one attached hydrogen (secondary N) is 1. The van der Waals surface area contributed by atoms with Gasteiger partial charge in [0, 0.05) is 29.7 Å². The maximum atomic E-state index is 12.9. The lowest BCUT2D eigenvalue weighted by atomic mass is 9.84. The zero-order chi connectivity index (χ0) is 17.4. The first-order chi connectivity index (χ1) is 12.2. The zero-order valence-electron chi connectivity index (χ0n) is 14.2. The van der Waals surface area contributed by atoms with Crippen molar-refractivity contribution in [1.29, 1.82) is 0 Å². The van der Waals surface area contributed by atoms with Crippen LogP contribution in [0.5, 0.6) is 0 Å². The second-order valence-corrected chi connectivity index (χ2v) is 7.53. The van der Waals surface area contributed by atoms with E-state index in [-0.39, 0.29) is 12.1 Å². The Kier molecular flexibility index (Phi) is 4.56. The highest BCUT2D eigenvalue weighted by atomic mass is 35.5. The number of halogens is 1. The van der Waals surface area contributed by atoms with Crippen molar-refractivity contribution in [2.75, 3.05) is 19.6 Å². The van der Waals surface area contributed by atoms with E-state index in [1.165, 1.54) is 25.9 Å². The van der Waals surface area contributed by atoms with Crippen molar-refractivity contribution < 1.29 is 0 Å². The molecule has 25 heavy (non-hydrogen) atoms. The smallest absolute Gasteiger partial charge is 0.256 e. The van der Waals surface area contributed by atoms with Gasteiger partial charge < -0.3 is 10.2 Å².